The van der Waals surface area contributed by atoms with Crippen molar-refractivity contribution in [1.29, 1.82) is 0 Å². The van der Waals surface area contributed by atoms with Crippen LogP contribution in [0, 0.1) is 11.8 Å². The second kappa shape index (κ2) is 7.78. The Balaban J connectivity index is 2.16. The van der Waals surface area contributed by atoms with Gasteiger partial charge in [-0.1, -0.05) is 13.8 Å². The number of amides is 1. The molecule has 0 spiro atoms. The van der Waals surface area contributed by atoms with Crippen LogP contribution < -0.4 is 5.73 Å². The molecule has 1 aliphatic rings. The van der Waals surface area contributed by atoms with Crippen molar-refractivity contribution in [3.8, 4) is 0 Å². The van der Waals surface area contributed by atoms with Crippen LogP contribution in [-0.4, -0.2) is 30.4 Å². The van der Waals surface area contributed by atoms with Crippen LogP contribution in [0.5, 0.6) is 0 Å². The lowest BCUT2D eigenvalue weighted by atomic mass is 9.84. The van der Waals surface area contributed by atoms with E-state index in [2.05, 4.69) is 13.8 Å². The maximum Gasteiger partial charge on any atom is 0.222 e. The summed E-state index contributed by atoms with van der Waals surface area (Å²) in [4.78, 5) is 13.9. The predicted octanol–water partition coefficient (Wildman–Crippen LogP) is 2.79. The maximum atomic E-state index is 12.0. The lowest BCUT2D eigenvalue weighted by molar-refractivity contribution is -0.130. The van der Waals surface area contributed by atoms with Crippen molar-refractivity contribution in [3.05, 3.63) is 0 Å². The highest BCUT2D eigenvalue weighted by Crippen LogP contribution is 2.27. The molecule has 0 radical (unpaired) electrons. The third-order valence-corrected chi connectivity index (χ3v) is 4.13. The first-order valence-corrected chi connectivity index (χ1v) is 7.48. The minimum atomic E-state index is 0.311. The van der Waals surface area contributed by atoms with Crippen molar-refractivity contribution in [2.24, 2.45) is 17.6 Å². The first-order valence-electron chi connectivity index (χ1n) is 7.48. The zero-order valence-corrected chi connectivity index (χ0v) is 12.3. The molecule has 18 heavy (non-hydrogen) atoms. The topological polar surface area (TPSA) is 46.3 Å². The molecule has 1 rings (SSSR count). The summed E-state index contributed by atoms with van der Waals surface area (Å²) >= 11 is 0. The van der Waals surface area contributed by atoms with Crippen LogP contribution in [0.25, 0.3) is 0 Å². The fourth-order valence-corrected chi connectivity index (χ4v) is 2.57. The van der Waals surface area contributed by atoms with E-state index in [1.54, 1.807) is 0 Å². The van der Waals surface area contributed by atoms with E-state index in [-0.39, 0.29) is 0 Å². The third-order valence-electron chi connectivity index (χ3n) is 4.13. The average molecular weight is 254 g/mol. The molecule has 0 saturated heterocycles. The van der Waals surface area contributed by atoms with Gasteiger partial charge in [0.05, 0.1) is 0 Å². The van der Waals surface area contributed by atoms with Gasteiger partial charge in [-0.15, -0.1) is 0 Å². The van der Waals surface area contributed by atoms with Gasteiger partial charge in [-0.3, -0.25) is 4.79 Å². The Hall–Kier alpha value is -0.570. The van der Waals surface area contributed by atoms with Gasteiger partial charge in [0.15, 0.2) is 0 Å². The molecule has 3 heteroatoms. The normalized spacial score (nSPS) is 24.3. The molecule has 0 heterocycles. The number of hydrogen-bond donors (Lipinski definition) is 1. The fraction of sp³-hybridized carbons (Fsp3) is 0.933. The Morgan fingerprint density at radius 3 is 2.44 bits per heavy atom. The number of hydrogen-bond acceptors (Lipinski definition) is 2. The molecule has 0 aromatic rings. The molecule has 0 bridgehead atoms. The second-order valence-corrected chi connectivity index (χ2v) is 6.32. The number of nitrogens with zero attached hydrogens (tertiary/aromatic N) is 1. The highest BCUT2D eigenvalue weighted by atomic mass is 16.2. The monoisotopic (exact) mass is 254 g/mol. The Morgan fingerprint density at radius 2 is 1.89 bits per heavy atom. The average Bonchev–Trinajstić information content (AvgIpc) is 2.34. The number of nitrogens with two attached hydrogens (primary N) is 1. The summed E-state index contributed by atoms with van der Waals surface area (Å²) in [7, 11) is 1.93. The van der Waals surface area contributed by atoms with Crippen LogP contribution in [0.4, 0.5) is 0 Å². The van der Waals surface area contributed by atoms with Gasteiger partial charge in [-0.25, -0.2) is 0 Å². The fourth-order valence-electron chi connectivity index (χ4n) is 2.57. The van der Waals surface area contributed by atoms with Gasteiger partial charge in [0.2, 0.25) is 5.91 Å². The molecule has 0 aliphatic heterocycles. The van der Waals surface area contributed by atoms with Crippen LogP contribution >= 0.6 is 0 Å². The minimum Gasteiger partial charge on any atom is -0.346 e. The van der Waals surface area contributed by atoms with Crippen molar-refractivity contribution in [3.63, 3.8) is 0 Å². The number of carbonyl (C=O) groups excluding carboxylic acids is 1. The zero-order chi connectivity index (χ0) is 13.5. The zero-order valence-electron chi connectivity index (χ0n) is 12.3. The Bertz CT molecular complexity index is 245. The summed E-state index contributed by atoms with van der Waals surface area (Å²) in [5.41, 5.74) is 5.89. The number of rotatable bonds is 6. The van der Waals surface area contributed by atoms with E-state index in [4.69, 9.17) is 5.73 Å². The molecule has 1 saturated carbocycles. The van der Waals surface area contributed by atoms with Gasteiger partial charge in [-0.2, -0.15) is 0 Å². The van der Waals surface area contributed by atoms with Gasteiger partial charge in [-0.05, 0) is 50.4 Å². The van der Waals surface area contributed by atoms with Gasteiger partial charge < -0.3 is 10.6 Å². The molecule has 3 nitrogen and oxygen atoms in total. The standard InChI is InChI=1S/C15H30N2O/c1-12(2)10-11-17(3)15(18)9-6-13-4-7-14(16)8-5-13/h12-14H,4-11,16H2,1-3H3. The quantitative estimate of drug-likeness (QED) is 0.792. The smallest absolute Gasteiger partial charge is 0.222 e. The van der Waals surface area contributed by atoms with Crippen LogP contribution in [-0.2, 0) is 4.79 Å². The molecule has 1 amide bonds. The van der Waals surface area contributed by atoms with Gasteiger partial charge in [0.25, 0.3) is 0 Å². The van der Waals surface area contributed by atoms with E-state index in [9.17, 15) is 4.79 Å². The number of carbonyl (C=O) groups is 1. The van der Waals surface area contributed by atoms with E-state index >= 15 is 0 Å². The second-order valence-electron chi connectivity index (χ2n) is 6.32. The highest BCUT2D eigenvalue weighted by molar-refractivity contribution is 5.75. The van der Waals surface area contributed by atoms with E-state index in [1.807, 2.05) is 11.9 Å². The van der Waals surface area contributed by atoms with Crippen LogP contribution in [0.2, 0.25) is 0 Å². The molecule has 0 aromatic heterocycles. The van der Waals surface area contributed by atoms with Crippen molar-refractivity contribution >= 4 is 5.91 Å². The summed E-state index contributed by atoms with van der Waals surface area (Å²) in [6.07, 6.45) is 7.57. The highest BCUT2D eigenvalue weighted by Gasteiger charge is 2.20. The van der Waals surface area contributed by atoms with Crippen LogP contribution in [0.3, 0.4) is 0 Å². The van der Waals surface area contributed by atoms with Gasteiger partial charge in [0.1, 0.15) is 0 Å². The molecule has 2 N–H and O–H groups in total. The van der Waals surface area contributed by atoms with Crippen LogP contribution in [0.15, 0.2) is 0 Å². The first-order chi connectivity index (χ1) is 8.49. The molecule has 0 atom stereocenters. The molecule has 1 fully saturated rings. The minimum absolute atomic E-state index is 0.311. The molecule has 106 valence electrons. The summed E-state index contributed by atoms with van der Waals surface area (Å²) in [6.45, 7) is 5.29. The van der Waals surface area contributed by atoms with Crippen LogP contribution in [0.1, 0.15) is 58.8 Å². The van der Waals surface area contributed by atoms with Crippen molar-refractivity contribution < 1.29 is 4.79 Å². The first kappa shape index (κ1) is 15.5. The van der Waals surface area contributed by atoms with E-state index in [0.717, 1.165) is 38.1 Å². The summed E-state index contributed by atoms with van der Waals surface area (Å²) in [6, 6.07) is 0.408. The predicted molar refractivity (Wildman–Crippen MR) is 76.3 cm³/mol. The molecular weight excluding hydrogens is 224 g/mol. The molecule has 1 aliphatic carbocycles. The Labute approximate surface area is 112 Å². The Morgan fingerprint density at radius 1 is 1.28 bits per heavy atom. The van der Waals surface area contributed by atoms with Crippen molar-refractivity contribution in [2.45, 2.75) is 64.8 Å². The van der Waals surface area contributed by atoms with Gasteiger partial charge >= 0.3 is 0 Å². The summed E-state index contributed by atoms with van der Waals surface area (Å²) < 4.78 is 0. The van der Waals surface area contributed by atoms with Gasteiger partial charge in [0, 0.05) is 26.1 Å². The van der Waals surface area contributed by atoms with E-state index < -0.39 is 0 Å². The largest absolute Gasteiger partial charge is 0.346 e. The summed E-state index contributed by atoms with van der Waals surface area (Å²) in [5.74, 6) is 1.71. The lowest BCUT2D eigenvalue weighted by Crippen LogP contribution is -2.30. The van der Waals surface area contributed by atoms with E-state index in [0.29, 0.717) is 24.3 Å². The maximum absolute atomic E-state index is 12.0. The van der Waals surface area contributed by atoms with Crippen molar-refractivity contribution in [1.82, 2.24) is 4.90 Å². The van der Waals surface area contributed by atoms with Crippen molar-refractivity contribution in [2.75, 3.05) is 13.6 Å². The molecule has 0 aromatic carbocycles. The van der Waals surface area contributed by atoms with E-state index in [1.165, 1.54) is 12.8 Å². The lowest BCUT2D eigenvalue weighted by Gasteiger charge is -2.26. The summed E-state index contributed by atoms with van der Waals surface area (Å²) in [5, 5.41) is 0. The SMILES string of the molecule is CC(C)CCN(C)C(=O)CCC1CCC(N)CC1. The third kappa shape index (κ3) is 5.85. The molecular formula is C15H30N2O. The molecule has 0 unspecified atom stereocenters. The Kier molecular flexibility index (Phi) is 6.69.